The third-order valence-electron chi connectivity index (χ3n) is 1.93. The lowest BCUT2D eigenvalue weighted by molar-refractivity contribution is -0.118. The van der Waals surface area contributed by atoms with Crippen molar-refractivity contribution in [3.8, 4) is 0 Å². The van der Waals surface area contributed by atoms with Gasteiger partial charge in [-0.3, -0.25) is 9.59 Å². The molecule has 1 aromatic heterocycles. The molecule has 92 valence electrons. The maximum Gasteiger partial charge on any atom is 0.272 e. The van der Waals surface area contributed by atoms with Crippen molar-refractivity contribution in [3.63, 3.8) is 0 Å². The summed E-state index contributed by atoms with van der Waals surface area (Å²) in [6.07, 6.45) is 0.0710. The molecule has 1 aromatic rings. The summed E-state index contributed by atoms with van der Waals surface area (Å²) >= 11 is 0. The second-order valence-corrected chi connectivity index (χ2v) is 3.49. The predicted molar refractivity (Wildman–Crippen MR) is 60.6 cm³/mol. The van der Waals surface area contributed by atoms with Gasteiger partial charge in [-0.15, -0.1) is 10.2 Å². The summed E-state index contributed by atoms with van der Waals surface area (Å²) in [6, 6.07) is 2.63. The molecule has 2 amide bonds. The average molecular weight is 238 g/mol. The number of amides is 2. The van der Waals surface area contributed by atoms with Gasteiger partial charge in [0.2, 0.25) is 5.91 Å². The van der Waals surface area contributed by atoms with Gasteiger partial charge in [-0.1, -0.05) is 0 Å². The van der Waals surface area contributed by atoms with Gasteiger partial charge >= 0.3 is 0 Å². The molecule has 0 radical (unpaired) electrons. The zero-order chi connectivity index (χ0) is 12.8. The minimum absolute atomic E-state index is 0.0710. The molecule has 8 heteroatoms. The van der Waals surface area contributed by atoms with Crippen molar-refractivity contribution in [1.82, 2.24) is 15.5 Å². The van der Waals surface area contributed by atoms with Crippen LogP contribution in [0.3, 0.4) is 0 Å². The van der Waals surface area contributed by atoms with Crippen molar-refractivity contribution in [2.75, 3.05) is 5.43 Å². The number of aromatic nitrogens is 2. The van der Waals surface area contributed by atoms with E-state index >= 15 is 0 Å². The number of rotatable bonds is 5. The highest BCUT2D eigenvalue weighted by Crippen LogP contribution is 2.00. The number of nitrogens with one attached hydrogen (secondary N) is 2. The van der Waals surface area contributed by atoms with E-state index in [1.165, 1.54) is 12.1 Å². The maximum absolute atomic E-state index is 11.6. The van der Waals surface area contributed by atoms with Crippen molar-refractivity contribution >= 4 is 17.6 Å². The van der Waals surface area contributed by atoms with E-state index in [0.717, 1.165) is 0 Å². The van der Waals surface area contributed by atoms with Crippen molar-refractivity contribution in [2.24, 2.45) is 11.6 Å². The summed E-state index contributed by atoms with van der Waals surface area (Å²) in [5, 5.41) is 9.88. The number of primary amides is 1. The predicted octanol–water partition coefficient (Wildman–Crippen LogP) is -1.24. The third kappa shape index (κ3) is 4.03. The van der Waals surface area contributed by atoms with Gasteiger partial charge in [0.05, 0.1) is 0 Å². The van der Waals surface area contributed by atoms with Gasteiger partial charge in [-0.25, -0.2) is 5.84 Å². The lowest BCUT2D eigenvalue weighted by Crippen LogP contribution is -2.36. The Labute approximate surface area is 97.7 Å². The van der Waals surface area contributed by atoms with E-state index in [4.69, 9.17) is 11.6 Å². The largest absolute Gasteiger partial charge is 0.370 e. The first-order chi connectivity index (χ1) is 8.02. The average Bonchev–Trinajstić information content (AvgIpc) is 2.28. The molecule has 8 nitrogen and oxygen atoms in total. The highest BCUT2D eigenvalue weighted by Gasteiger charge is 2.13. The number of nitrogens with zero attached hydrogens (tertiary/aromatic N) is 2. The summed E-state index contributed by atoms with van der Waals surface area (Å²) in [7, 11) is 0. The van der Waals surface area contributed by atoms with Crippen molar-refractivity contribution in [3.05, 3.63) is 17.8 Å². The van der Waals surface area contributed by atoms with E-state index in [-0.39, 0.29) is 18.2 Å². The van der Waals surface area contributed by atoms with Crippen molar-refractivity contribution < 1.29 is 9.59 Å². The minimum Gasteiger partial charge on any atom is -0.370 e. The van der Waals surface area contributed by atoms with Crippen LogP contribution < -0.4 is 22.3 Å². The van der Waals surface area contributed by atoms with Crippen LogP contribution in [0.1, 0.15) is 23.8 Å². The minimum atomic E-state index is -0.480. The van der Waals surface area contributed by atoms with Crippen LogP contribution in [-0.2, 0) is 4.79 Å². The Morgan fingerprint density at radius 2 is 2.12 bits per heavy atom. The molecule has 0 saturated carbocycles. The first kappa shape index (κ1) is 12.8. The third-order valence-corrected chi connectivity index (χ3v) is 1.93. The summed E-state index contributed by atoms with van der Waals surface area (Å²) in [5.74, 6) is 4.56. The Bertz CT molecular complexity index is 404. The molecule has 6 N–H and O–H groups in total. The number of hydrazine groups is 1. The fraction of sp³-hybridized carbons (Fsp3) is 0.333. The van der Waals surface area contributed by atoms with Crippen molar-refractivity contribution in [1.29, 1.82) is 0 Å². The first-order valence-electron chi connectivity index (χ1n) is 4.92. The fourth-order valence-electron chi connectivity index (χ4n) is 1.18. The van der Waals surface area contributed by atoms with Crippen LogP contribution in [0.15, 0.2) is 12.1 Å². The molecule has 0 spiro atoms. The molecular formula is C9H14N6O2. The number of hydrogen-bond donors (Lipinski definition) is 4. The summed E-state index contributed by atoms with van der Waals surface area (Å²) in [5.41, 5.74) is 7.44. The Morgan fingerprint density at radius 1 is 1.41 bits per heavy atom. The normalized spacial score (nSPS) is 11.6. The van der Waals surface area contributed by atoms with Gasteiger partial charge < -0.3 is 16.5 Å². The molecule has 1 unspecified atom stereocenters. The number of carbonyl (C=O) groups is 2. The van der Waals surface area contributed by atoms with Crippen LogP contribution in [0, 0.1) is 0 Å². The lowest BCUT2D eigenvalue weighted by atomic mass is 10.2. The van der Waals surface area contributed by atoms with Crippen LogP contribution >= 0.6 is 0 Å². The van der Waals surface area contributed by atoms with Crippen LogP contribution in [0.2, 0.25) is 0 Å². The Kier molecular flexibility index (Phi) is 4.35. The molecular weight excluding hydrogens is 224 g/mol. The quantitative estimate of drug-likeness (QED) is 0.374. The molecule has 17 heavy (non-hydrogen) atoms. The Balaban J connectivity index is 2.60. The smallest absolute Gasteiger partial charge is 0.272 e. The fourth-order valence-corrected chi connectivity index (χ4v) is 1.18. The number of nitrogen functional groups attached to an aromatic ring is 1. The monoisotopic (exact) mass is 238 g/mol. The molecule has 1 heterocycles. The van der Waals surface area contributed by atoms with Crippen LogP contribution in [-0.4, -0.2) is 28.1 Å². The molecule has 0 bridgehead atoms. The first-order valence-corrected chi connectivity index (χ1v) is 4.92. The summed E-state index contributed by atoms with van der Waals surface area (Å²) < 4.78 is 0. The molecule has 1 rings (SSSR count). The Morgan fingerprint density at radius 3 is 2.59 bits per heavy atom. The standard InChI is InChI=1S/C9H14N6O2/c1-5(4-7(10)16)12-9(17)6-2-3-8(13-11)15-14-6/h2-3,5H,4,11H2,1H3,(H2,10,16)(H,12,17)(H,13,15). The van der Waals surface area contributed by atoms with E-state index in [2.05, 4.69) is 20.9 Å². The molecule has 0 aliphatic rings. The number of nitrogens with two attached hydrogens (primary N) is 2. The van der Waals surface area contributed by atoms with E-state index in [1.807, 2.05) is 0 Å². The van der Waals surface area contributed by atoms with Gasteiger partial charge in [0.15, 0.2) is 11.5 Å². The summed E-state index contributed by atoms with van der Waals surface area (Å²) in [4.78, 5) is 22.3. The van der Waals surface area contributed by atoms with Crippen LogP contribution in [0.25, 0.3) is 0 Å². The maximum atomic E-state index is 11.6. The van der Waals surface area contributed by atoms with E-state index in [9.17, 15) is 9.59 Å². The number of carbonyl (C=O) groups excluding carboxylic acids is 2. The SMILES string of the molecule is CC(CC(N)=O)NC(=O)c1ccc(NN)nn1. The van der Waals surface area contributed by atoms with Gasteiger partial charge in [0.1, 0.15) is 0 Å². The second kappa shape index (κ2) is 5.75. The van der Waals surface area contributed by atoms with Gasteiger partial charge in [-0.2, -0.15) is 0 Å². The van der Waals surface area contributed by atoms with Gasteiger partial charge in [0.25, 0.3) is 5.91 Å². The molecule has 0 fully saturated rings. The molecule has 0 aliphatic heterocycles. The van der Waals surface area contributed by atoms with E-state index < -0.39 is 11.8 Å². The van der Waals surface area contributed by atoms with Gasteiger partial charge in [0, 0.05) is 12.5 Å². The zero-order valence-electron chi connectivity index (χ0n) is 9.30. The van der Waals surface area contributed by atoms with E-state index in [1.54, 1.807) is 6.92 Å². The van der Waals surface area contributed by atoms with Gasteiger partial charge in [-0.05, 0) is 19.1 Å². The van der Waals surface area contributed by atoms with Crippen LogP contribution in [0.4, 0.5) is 5.82 Å². The molecule has 0 saturated heterocycles. The lowest BCUT2D eigenvalue weighted by Gasteiger charge is -2.11. The molecule has 0 aromatic carbocycles. The number of hydrogen-bond acceptors (Lipinski definition) is 6. The topological polar surface area (TPSA) is 136 Å². The highest BCUT2D eigenvalue weighted by molar-refractivity contribution is 5.92. The highest BCUT2D eigenvalue weighted by atomic mass is 16.2. The van der Waals surface area contributed by atoms with Crippen LogP contribution in [0.5, 0.6) is 0 Å². The number of anilines is 1. The summed E-state index contributed by atoms with van der Waals surface area (Å²) in [6.45, 7) is 1.67. The van der Waals surface area contributed by atoms with Crippen molar-refractivity contribution in [2.45, 2.75) is 19.4 Å². The Hall–Kier alpha value is -2.22. The molecule has 1 atom stereocenters. The molecule has 0 aliphatic carbocycles. The second-order valence-electron chi connectivity index (χ2n) is 3.49. The zero-order valence-corrected chi connectivity index (χ0v) is 9.30. The van der Waals surface area contributed by atoms with E-state index in [0.29, 0.717) is 5.82 Å².